The van der Waals surface area contributed by atoms with Gasteiger partial charge in [0.2, 0.25) is 0 Å². The number of hydrogen-bond acceptors (Lipinski definition) is 5. The minimum absolute atomic E-state index is 0.0947. The Labute approximate surface area is 224 Å². The van der Waals surface area contributed by atoms with Gasteiger partial charge in [-0.15, -0.1) is 0 Å². The van der Waals surface area contributed by atoms with Crippen LogP contribution >= 0.6 is 0 Å². The number of aromatic nitrogens is 1. The Hall–Kier alpha value is -3.90. The number of hydrogen-bond donors (Lipinski definition) is 2. The molecule has 4 aromatic rings. The molecular formula is C32H35N5O. The third-order valence-corrected chi connectivity index (χ3v) is 7.99. The summed E-state index contributed by atoms with van der Waals surface area (Å²) in [5.41, 5.74) is 15.7. The van der Waals surface area contributed by atoms with E-state index >= 15 is 0 Å². The van der Waals surface area contributed by atoms with Gasteiger partial charge in [0, 0.05) is 66.4 Å². The lowest BCUT2D eigenvalue weighted by Crippen LogP contribution is -2.46. The summed E-state index contributed by atoms with van der Waals surface area (Å²) in [6.07, 6.45) is 4.29. The maximum atomic E-state index is 13.4. The number of nitrogens with zero attached hydrogens (tertiary/aromatic N) is 3. The highest BCUT2D eigenvalue weighted by molar-refractivity contribution is 6.06. The molecule has 0 unspecified atom stereocenters. The van der Waals surface area contributed by atoms with Crippen molar-refractivity contribution >= 4 is 33.9 Å². The standard InChI is InChI=1S/C32H35N5O/c1-22-10-13-25(14-11-22)37-18-16-36(17-19-37)21-23-6-2-3-7-26(23)32(38)34-24-12-15-30-28(20-24)31(33)27-8-4-5-9-29(27)35-30/h2-3,6-7,10-15,20H,4-5,8-9,16-19,21H2,1H3,(H2,33,35)(H,34,38). The van der Waals surface area contributed by atoms with E-state index in [9.17, 15) is 4.79 Å². The summed E-state index contributed by atoms with van der Waals surface area (Å²) in [5, 5.41) is 4.04. The number of aryl methyl sites for hydroxylation is 2. The van der Waals surface area contributed by atoms with Crippen LogP contribution in [0.3, 0.4) is 0 Å². The first-order chi connectivity index (χ1) is 18.5. The lowest BCUT2D eigenvalue weighted by Gasteiger charge is -2.36. The molecule has 1 aromatic heterocycles. The van der Waals surface area contributed by atoms with Crippen LogP contribution in [-0.4, -0.2) is 42.0 Å². The van der Waals surface area contributed by atoms with Crippen LogP contribution in [-0.2, 0) is 19.4 Å². The lowest BCUT2D eigenvalue weighted by molar-refractivity contribution is 0.102. The van der Waals surface area contributed by atoms with Crippen molar-refractivity contribution in [3.05, 3.63) is 94.7 Å². The van der Waals surface area contributed by atoms with Crippen LogP contribution in [0.2, 0.25) is 0 Å². The average molecular weight is 506 g/mol. The maximum absolute atomic E-state index is 13.4. The molecule has 0 spiro atoms. The van der Waals surface area contributed by atoms with Crippen LogP contribution in [0.15, 0.2) is 66.7 Å². The molecule has 1 aliphatic heterocycles. The summed E-state index contributed by atoms with van der Waals surface area (Å²) in [7, 11) is 0. The zero-order chi connectivity index (χ0) is 26.1. The molecule has 3 aromatic carbocycles. The van der Waals surface area contributed by atoms with Crippen LogP contribution < -0.4 is 16.0 Å². The van der Waals surface area contributed by atoms with Gasteiger partial charge in [-0.3, -0.25) is 14.7 Å². The summed E-state index contributed by atoms with van der Waals surface area (Å²) in [6, 6.07) is 22.5. The van der Waals surface area contributed by atoms with Gasteiger partial charge in [0.15, 0.2) is 0 Å². The first-order valence-electron chi connectivity index (χ1n) is 13.7. The monoisotopic (exact) mass is 505 g/mol. The van der Waals surface area contributed by atoms with E-state index in [1.54, 1.807) is 0 Å². The van der Waals surface area contributed by atoms with Crippen LogP contribution in [0.25, 0.3) is 10.9 Å². The number of fused-ring (bicyclic) bond motifs is 2. The van der Waals surface area contributed by atoms with E-state index in [2.05, 4.69) is 52.4 Å². The first-order valence-corrected chi connectivity index (χ1v) is 13.7. The maximum Gasteiger partial charge on any atom is 0.255 e. The fraction of sp³-hybridized carbons (Fsp3) is 0.312. The van der Waals surface area contributed by atoms with Crippen LogP contribution in [0, 0.1) is 6.92 Å². The first kappa shape index (κ1) is 24.4. The molecule has 0 bridgehead atoms. The summed E-state index contributed by atoms with van der Waals surface area (Å²) in [6.45, 7) is 6.76. The Morgan fingerprint density at radius 1 is 0.947 bits per heavy atom. The van der Waals surface area contributed by atoms with E-state index < -0.39 is 0 Å². The Morgan fingerprint density at radius 3 is 2.53 bits per heavy atom. The van der Waals surface area contributed by atoms with Gasteiger partial charge in [0.25, 0.3) is 5.91 Å². The Balaban J connectivity index is 1.15. The van der Waals surface area contributed by atoms with Gasteiger partial charge in [0.05, 0.1) is 5.52 Å². The molecule has 38 heavy (non-hydrogen) atoms. The number of amides is 1. The smallest absolute Gasteiger partial charge is 0.255 e. The number of carbonyl (C=O) groups excluding carboxylic acids is 1. The lowest BCUT2D eigenvalue weighted by atomic mass is 9.93. The van der Waals surface area contributed by atoms with E-state index in [1.807, 2.05) is 36.4 Å². The predicted molar refractivity (Wildman–Crippen MR) is 156 cm³/mol. The zero-order valence-electron chi connectivity index (χ0n) is 22.0. The molecule has 0 atom stereocenters. The summed E-state index contributed by atoms with van der Waals surface area (Å²) >= 11 is 0. The zero-order valence-corrected chi connectivity index (χ0v) is 22.0. The molecule has 3 N–H and O–H groups in total. The number of pyridine rings is 1. The minimum Gasteiger partial charge on any atom is -0.398 e. The molecule has 6 nitrogen and oxygen atoms in total. The fourth-order valence-corrected chi connectivity index (χ4v) is 5.78. The number of anilines is 3. The number of nitrogens with one attached hydrogen (secondary N) is 1. The molecule has 1 amide bonds. The van der Waals surface area contributed by atoms with Crippen molar-refractivity contribution in [3.63, 3.8) is 0 Å². The quantitative estimate of drug-likeness (QED) is 0.370. The molecule has 1 fully saturated rings. The third kappa shape index (κ3) is 4.96. The second kappa shape index (κ2) is 10.5. The normalized spacial score (nSPS) is 15.9. The molecule has 0 radical (unpaired) electrons. The number of carbonyl (C=O) groups is 1. The highest BCUT2D eigenvalue weighted by atomic mass is 16.1. The van der Waals surface area contributed by atoms with E-state index in [1.165, 1.54) is 23.2 Å². The number of benzene rings is 3. The van der Waals surface area contributed by atoms with Gasteiger partial charge < -0.3 is 16.0 Å². The van der Waals surface area contributed by atoms with Crippen LogP contribution in [0.4, 0.5) is 17.1 Å². The van der Waals surface area contributed by atoms with Gasteiger partial charge in [0.1, 0.15) is 0 Å². The van der Waals surface area contributed by atoms with E-state index in [0.717, 1.165) is 85.5 Å². The third-order valence-electron chi connectivity index (χ3n) is 7.99. The molecule has 1 aliphatic carbocycles. The molecular weight excluding hydrogens is 470 g/mol. The van der Waals surface area contributed by atoms with Crippen molar-refractivity contribution in [2.45, 2.75) is 39.2 Å². The highest BCUT2D eigenvalue weighted by Gasteiger charge is 2.21. The number of nitrogens with two attached hydrogens (primary N) is 1. The largest absolute Gasteiger partial charge is 0.398 e. The highest BCUT2D eigenvalue weighted by Crippen LogP contribution is 2.32. The topological polar surface area (TPSA) is 74.5 Å². The Morgan fingerprint density at radius 2 is 1.71 bits per heavy atom. The fourth-order valence-electron chi connectivity index (χ4n) is 5.78. The SMILES string of the molecule is Cc1ccc(N2CCN(Cc3ccccc3C(=O)Nc3ccc4nc5c(c(N)c4c3)CCCC5)CC2)cc1. The molecule has 194 valence electrons. The molecule has 6 rings (SSSR count). The van der Waals surface area contributed by atoms with Gasteiger partial charge in [-0.25, -0.2) is 0 Å². The molecule has 6 heteroatoms. The Bertz CT molecular complexity index is 1470. The molecule has 0 saturated carbocycles. The van der Waals surface area contributed by atoms with Crippen molar-refractivity contribution in [3.8, 4) is 0 Å². The average Bonchev–Trinajstić information content (AvgIpc) is 2.95. The van der Waals surface area contributed by atoms with E-state index in [0.29, 0.717) is 5.56 Å². The molecule has 2 heterocycles. The summed E-state index contributed by atoms with van der Waals surface area (Å²) in [5.74, 6) is -0.0947. The second-order valence-electron chi connectivity index (χ2n) is 10.6. The van der Waals surface area contributed by atoms with Gasteiger partial charge in [-0.2, -0.15) is 0 Å². The van der Waals surface area contributed by atoms with Crippen LogP contribution in [0.1, 0.15) is 45.6 Å². The van der Waals surface area contributed by atoms with Crippen molar-refractivity contribution in [2.24, 2.45) is 0 Å². The molecule has 2 aliphatic rings. The molecule has 1 saturated heterocycles. The van der Waals surface area contributed by atoms with Crippen molar-refractivity contribution in [1.82, 2.24) is 9.88 Å². The van der Waals surface area contributed by atoms with Gasteiger partial charge in [-0.05, 0) is 80.1 Å². The van der Waals surface area contributed by atoms with E-state index in [4.69, 9.17) is 10.7 Å². The van der Waals surface area contributed by atoms with Crippen molar-refractivity contribution in [1.29, 1.82) is 0 Å². The minimum atomic E-state index is -0.0947. The predicted octanol–water partition coefficient (Wildman–Crippen LogP) is 5.58. The van der Waals surface area contributed by atoms with Crippen LogP contribution in [0.5, 0.6) is 0 Å². The number of nitrogen functional groups attached to an aromatic ring is 1. The van der Waals surface area contributed by atoms with E-state index in [-0.39, 0.29) is 5.91 Å². The summed E-state index contributed by atoms with van der Waals surface area (Å²) < 4.78 is 0. The number of piperazine rings is 1. The van der Waals surface area contributed by atoms with Gasteiger partial charge in [-0.1, -0.05) is 35.9 Å². The van der Waals surface area contributed by atoms with Crippen molar-refractivity contribution in [2.75, 3.05) is 42.1 Å². The number of rotatable bonds is 5. The summed E-state index contributed by atoms with van der Waals surface area (Å²) in [4.78, 5) is 23.1. The van der Waals surface area contributed by atoms with Gasteiger partial charge >= 0.3 is 0 Å². The van der Waals surface area contributed by atoms with Crippen molar-refractivity contribution < 1.29 is 4.79 Å². The second-order valence-corrected chi connectivity index (χ2v) is 10.6. The Kier molecular flexibility index (Phi) is 6.73.